The van der Waals surface area contributed by atoms with E-state index < -0.39 is 5.97 Å². The van der Waals surface area contributed by atoms with Crippen LogP contribution in [-0.2, 0) is 20.7 Å². The number of ether oxygens (including phenoxy) is 1. The third-order valence-corrected chi connectivity index (χ3v) is 2.34. The van der Waals surface area contributed by atoms with E-state index >= 15 is 0 Å². The van der Waals surface area contributed by atoms with Crippen molar-refractivity contribution >= 4 is 18.1 Å². The van der Waals surface area contributed by atoms with Crippen LogP contribution in [0.2, 0.25) is 0 Å². The van der Waals surface area contributed by atoms with Crippen molar-refractivity contribution in [1.82, 2.24) is 0 Å². The van der Waals surface area contributed by atoms with Gasteiger partial charge in [-0.05, 0) is 30.5 Å². The Hall–Kier alpha value is -2.19. The van der Waals surface area contributed by atoms with Gasteiger partial charge in [0.25, 0.3) is 0 Å². The molecule has 0 N–H and O–H groups in total. The third kappa shape index (κ3) is 4.00. The monoisotopic (exact) mass is 245 g/mol. The molecule has 0 aliphatic heterocycles. The fourth-order valence-corrected chi connectivity index (χ4v) is 1.40. The van der Waals surface area contributed by atoms with Crippen LogP contribution in [0, 0.1) is 0 Å². The molecule has 0 spiro atoms. The quantitative estimate of drug-likeness (QED) is 0.346. The average Bonchev–Trinajstić information content (AvgIpc) is 2.39. The summed E-state index contributed by atoms with van der Waals surface area (Å²) >= 11 is 0. The molecule has 4 nitrogen and oxygen atoms in total. The summed E-state index contributed by atoms with van der Waals surface area (Å²) in [6.07, 6.45) is 3.80. The van der Waals surface area contributed by atoms with E-state index in [1.54, 1.807) is 6.92 Å². The Bertz CT molecular complexity index is 482. The Morgan fingerprint density at radius 2 is 2.00 bits per heavy atom. The van der Waals surface area contributed by atoms with Crippen LogP contribution in [0.4, 0.5) is 0 Å². The summed E-state index contributed by atoms with van der Waals surface area (Å²) in [5.41, 5.74) is 1.94. The molecule has 0 amide bonds. The number of hydrogen-bond donors (Lipinski definition) is 0. The summed E-state index contributed by atoms with van der Waals surface area (Å²) in [6.45, 7) is 3.99. The van der Waals surface area contributed by atoms with Crippen LogP contribution in [0.25, 0.3) is 6.08 Å². The van der Waals surface area contributed by atoms with Crippen molar-refractivity contribution in [3.63, 3.8) is 0 Å². The molecule has 1 aromatic rings. The highest BCUT2D eigenvalue weighted by molar-refractivity contribution is 5.94. The van der Waals surface area contributed by atoms with E-state index in [4.69, 9.17) is 4.74 Å². The second kappa shape index (κ2) is 7.20. The average molecular weight is 245 g/mol. The highest BCUT2D eigenvalue weighted by Crippen LogP contribution is 2.11. The van der Waals surface area contributed by atoms with Crippen molar-refractivity contribution < 1.29 is 14.3 Å². The van der Waals surface area contributed by atoms with Crippen molar-refractivity contribution in [2.45, 2.75) is 20.3 Å². The molecule has 94 valence electrons. The number of aliphatic imine (C=N–C) groups is 1. The van der Waals surface area contributed by atoms with Crippen LogP contribution < -0.4 is 0 Å². The van der Waals surface area contributed by atoms with Gasteiger partial charge in [-0.1, -0.05) is 31.2 Å². The fourth-order valence-electron chi connectivity index (χ4n) is 1.40. The maximum absolute atomic E-state index is 11.5. The van der Waals surface area contributed by atoms with Crippen molar-refractivity contribution in [2.24, 2.45) is 4.99 Å². The van der Waals surface area contributed by atoms with Gasteiger partial charge in [-0.25, -0.2) is 9.59 Å². The number of isocyanates is 1. The Kier molecular flexibility index (Phi) is 5.55. The first-order chi connectivity index (χ1) is 8.71. The maximum atomic E-state index is 11.5. The molecule has 0 radical (unpaired) electrons. The van der Waals surface area contributed by atoms with E-state index in [1.807, 2.05) is 24.3 Å². The number of nitrogens with zero attached hydrogens (tertiary/aromatic N) is 1. The molecule has 0 aromatic heterocycles. The van der Waals surface area contributed by atoms with E-state index in [0.29, 0.717) is 0 Å². The van der Waals surface area contributed by atoms with Crippen LogP contribution in [0.1, 0.15) is 25.0 Å². The third-order valence-electron chi connectivity index (χ3n) is 2.34. The zero-order valence-corrected chi connectivity index (χ0v) is 10.5. The lowest BCUT2D eigenvalue weighted by molar-refractivity contribution is -0.138. The molecule has 0 heterocycles. The zero-order chi connectivity index (χ0) is 13.4. The van der Waals surface area contributed by atoms with Crippen molar-refractivity contribution in [3.05, 3.63) is 41.1 Å². The van der Waals surface area contributed by atoms with Crippen LogP contribution >= 0.6 is 0 Å². The SMILES string of the molecule is CCOC(=O)/C(=C/c1ccc(CC)cc1)N=C=O. The van der Waals surface area contributed by atoms with Gasteiger partial charge in [-0.2, -0.15) is 4.99 Å². The largest absolute Gasteiger partial charge is 0.461 e. The summed E-state index contributed by atoms with van der Waals surface area (Å²) in [5, 5.41) is 0. The number of esters is 1. The first-order valence-corrected chi connectivity index (χ1v) is 5.76. The molecule has 1 rings (SSSR count). The van der Waals surface area contributed by atoms with Gasteiger partial charge in [-0.15, -0.1) is 0 Å². The molecular weight excluding hydrogens is 230 g/mol. The number of hydrogen-bond acceptors (Lipinski definition) is 4. The van der Waals surface area contributed by atoms with Gasteiger partial charge >= 0.3 is 5.97 Å². The summed E-state index contributed by atoms with van der Waals surface area (Å²) in [4.78, 5) is 25.1. The van der Waals surface area contributed by atoms with E-state index in [-0.39, 0.29) is 12.3 Å². The Morgan fingerprint density at radius 1 is 1.33 bits per heavy atom. The van der Waals surface area contributed by atoms with E-state index in [0.717, 1.165) is 12.0 Å². The second-order valence-electron chi connectivity index (χ2n) is 3.55. The number of rotatable bonds is 5. The Morgan fingerprint density at radius 3 is 2.50 bits per heavy atom. The minimum Gasteiger partial charge on any atom is -0.461 e. The molecule has 0 bridgehead atoms. The molecule has 4 heteroatoms. The Balaban J connectivity index is 2.99. The van der Waals surface area contributed by atoms with Gasteiger partial charge in [0, 0.05) is 0 Å². The molecule has 0 unspecified atom stereocenters. The van der Waals surface area contributed by atoms with Gasteiger partial charge in [0.15, 0.2) is 5.70 Å². The summed E-state index contributed by atoms with van der Waals surface area (Å²) in [7, 11) is 0. The first-order valence-electron chi connectivity index (χ1n) is 5.76. The topological polar surface area (TPSA) is 55.7 Å². The molecule has 0 aliphatic carbocycles. The lowest BCUT2D eigenvalue weighted by atomic mass is 10.1. The van der Waals surface area contributed by atoms with Crippen LogP contribution in [-0.4, -0.2) is 18.7 Å². The van der Waals surface area contributed by atoms with E-state index in [1.165, 1.54) is 17.7 Å². The summed E-state index contributed by atoms with van der Waals surface area (Å²) < 4.78 is 4.79. The smallest absolute Gasteiger partial charge is 0.357 e. The van der Waals surface area contributed by atoms with Crippen molar-refractivity contribution in [2.75, 3.05) is 6.61 Å². The van der Waals surface area contributed by atoms with Crippen LogP contribution in [0.3, 0.4) is 0 Å². The maximum Gasteiger partial charge on any atom is 0.357 e. The number of aryl methyl sites for hydroxylation is 1. The minimum atomic E-state index is -0.625. The number of carbonyl (C=O) groups is 1. The summed E-state index contributed by atoms with van der Waals surface area (Å²) in [5.74, 6) is -0.625. The molecule has 18 heavy (non-hydrogen) atoms. The standard InChI is InChI=1S/C14H15NO3/c1-3-11-5-7-12(8-6-11)9-13(15-10-16)14(17)18-4-2/h5-9H,3-4H2,1-2H3/b13-9-. The van der Waals surface area contributed by atoms with Gasteiger partial charge in [0.05, 0.1) is 6.61 Å². The molecule has 0 atom stereocenters. The van der Waals surface area contributed by atoms with E-state index in [2.05, 4.69) is 11.9 Å². The van der Waals surface area contributed by atoms with Crippen molar-refractivity contribution in [1.29, 1.82) is 0 Å². The van der Waals surface area contributed by atoms with Crippen LogP contribution in [0.15, 0.2) is 35.0 Å². The van der Waals surface area contributed by atoms with Gasteiger partial charge < -0.3 is 4.74 Å². The molecule has 0 saturated heterocycles. The lowest BCUT2D eigenvalue weighted by Gasteiger charge is -2.01. The molecule has 0 aliphatic rings. The molecule has 0 fully saturated rings. The number of benzene rings is 1. The molecule has 1 aromatic carbocycles. The predicted octanol–water partition coefficient (Wildman–Crippen LogP) is 2.49. The predicted molar refractivity (Wildman–Crippen MR) is 68.6 cm³/mol. The minimum absolute atomic E-state index is 0.0453. The first kappa shape index (κ1) is 13.9. The van der Waals surface area contributed by atoms with Gasteiger partial charge in [0.2, 0.25) is 6.08 Å². The zero-order valence-electron chi connectivity index (χ0n) is 10.5. The Labute approximate surface area is 106 Å². The second-order valence-corrected chi connectivity index (χ2v) is 3.55. The fraction of sp³-hybridized carbons (Fsp3) is 0.286. The highest BCUT2D eigenvalue weighted by Gasteiger charge is 2.09. The lowest BCUT2D eigenvalue weighted by Crippen LogP contribution is -2.05. The van der Waals surface area contributed by atoms with Gasteiger partial charge in [-0.3, -0.25) is 0 Å². The van der Waals surface area contributed by atoms with Crippen molar-refractivity contribution in [3.8, 4) is 0 Å². The van der Waals surface area contributed by atoms with E-state index in [9.17, 15) is 9.59 Å². The number of carbonyl (C=O) groups excluding carboxylic acids is 2. The van der Waals surface area contributed by atoms with Gasteiger partial charge in [0.1, 0.15) is 0 Å². The molecule has 0 saturated carbocycles. The normalized spacial score (nSPS) is 10.7. The summed E-state index contributed by atoms with van der Waals surface area (Å²) in [6, 6.07) is 7.63. The molecular formula is C14H15NO3. The highest BCUT2D eigenvalue weighted by atomic mass is 16.5. The van der Waals surface area contributed by atoms with Crippen LogP contribution in [0.5, 0.6) is 0 Å².